The van der Waals surface area contributed by atoms with E-state index >= 15 is 0 Å². The summed E-state index contributed by atoms with van der Waals surface area (Å²) in [5, 5.41) is 0. The maximum absolute atomic E-state index is 14.7. The van der Waals surface area contributed by atoms with Crippen LogP contribution in [0.15, 0.2) is 95.2 Å². The van der Waals surface area contributed by atoms with E-state index in [-0.39, 0.29) is 54.0 Å². The van der Waals surface area contributed by atoms with Crippen LogP contribution in [-0.2, 0) is 38.1 Å². The lowest BCUT2D eigenvalue weighted by molar-refractivity contribution is -0.138. The van der Waals surface area contributed by atoms with Crippen LogP contribution in [0.4, 0.5) is 0 Å². The largest absolute Gasteiger partial charge is 0.373 e. The predicted molar refractivity (Wildman–Crippen MR) is 167 cm³/mol. The third-order valence-corrected chi connectivity index (χ3v) is 10.6. The van der Waals surface area contributed by atoms with E-state index in [1.807, 2.05) is 72.9 Å². The van der Waals surface area contributed by atoms with Crippen molar-refractivity contribution in [1.82, 2.24) is 0 Å². The second-order valence-electron chi connectivity index (χ2n) is 13.8. The minimum atomic E-state index is -1.27. The minimum absolute atomic E-state index is 0.00878. The van der Waals surface area contributed by atoms with Crippen LogP contribution in [0.25, 0.3) is 0 Å². The highest BCUT2D eigenvalue weighted by atomic mass is 16.6. The van der Waals surface area contributed by atoms with Gasteiger partial charge in [0, 0.05) is 54.8 Å². The highest BCUT2D eigenvalue weighted by Crippen LogP contribution is 2.56. The van der Waals surface area contributed by atoms with Gasteiger partial charge in [0.25, 0.3) is 0 Å². The second-order valence-corrected chi connectivity index (χ2v) is 13.8. The zero-order valence-corrected chi connectivity index (χ0v) is 25.7. The summed E-state index contributed by atoms with van der Waals surface area (Å²) in [5.74, 6) is -3.46. The zero-order valence-electron chi connectivity index (χ0n) is 25.7. The van der Waals surface area contributed by atoms with Crippen molar-refractivity contribution in [1.29, 1.82) is 0 Å². The Balaban J connectivity index is 1.24. The molecule has 238 valence electrons. The van der Waals surface area contributed by atoms with Crippen molar-refractivity contribution in [3.8, 4) is 0 Å². The van der Waals surface area contributed by atoms with E-state index in [0.29, 0.717) is 74.4 Å². The summed E-state index contributed by atoms with van der Waals surface area (Å²) in [6, 6.07) is 0. The zero-order chi connectivity index (χ0) is 31.4. The molecule has 4 aliphatic heterocycles. The number of allylic oxidation sites excluding steroid dienone is 12. The van der Waals surface area contributed by atoms with E-state index in [4.69, 9.17) is 18.9 Å². The Hall–Kier alpha value is -3.56. The van der Waals surface area contributed by atoms with E-state index in [0.717, 1.165) is 0 Å². The number of hydrogen-bond acceptors (Lipinski definition) is 8. The first-order valence-corrected chi connectivity index (χ1v) is 16.5. The molecule has 8 heteroatoms. The van der Waals surface area contributed by atoms with Crippen LogP contribution < -0.4 is 0 Å². The number of ketones is 4. The molecule has 46 heavy (non-hydrogen) atoms. The third-order valence-electron chi connectivity index (χ3n) is 10.6. The molecule has 8 nitrogen and oxygen atoms in total. The van der Waals surface area contributed by atoms with Crippen molar-refractivity contribution in [2.24, 2.45) is 29.1 Å². The van der Waals surface area contributed by atoms with Crippen LogP contribution in [0.2, 0.25) is 0 Å². The van der Waals surface area contributed by atoms with Gasteiger partial charge < -0.3 is 18.9 Å². The fourth-order valence-corrected chi connectivity index (χ4v) is 7.84. The maximum atomic E-state index is 14.7. The van der Waals surface area contributed by atoms with Crippen molar-refractivity contribution in [2.75, 3.05) is 26.4 Å². The molecule has 8 aliphatic rings. The predicted octanol–water partition coefficient (Wildman–Crippen LogP) is 4.24. The molecular weight excluding hydrogens is 584 g/mol. The lowest BCUT2D eigenvalue weighted by atomic mass is 9.50. The first kappa shape index (κ1) is 29.8. The number of rotatable bonds is 13. The van der Waals surface area contributed by atoms with E-state index in [2.05, 4.69) is 0 Å². The molecule has 0 aromatic carbocycles. The summed E-state index contributed by atoms with van der Waals surface area (Å²) < 4.78 is 21.9. The van der Waals surface area contributed by atoms with E-state index in [9.17, 15) is 19.2 Å². The van der Waals surface area contributed by atoms with Gasteiger partial charge in [-0.15, -0.1) is 0 Å². The Morgan fingerprint density at radius 2 is 0.783 bits per heavy atom. The molecule has 0 amide bonds. The first-order valence-electron chi connectivity index (χ1n) is 16.5. The summed E-state index contributed by atoms with van der Waals surface area (Å²) in [6.07, 6.45) is 24.4. The van der Waals surface area contributed by atoms with Crippen LogP contribution in [0.3, 0.4) is 0 Å². The Morgan fingerprint density at radius 1 is 0.478 bits per heavy atom. The number of ether oxygens (including phenoxy) is 4. The van der Waals surface area contributed by atoms with Gasteiger partial charge in [0.15, 0.2) is 23.1 Å². The lowest BCUT2D eigenvalue weighted by Crippen LogP contribution is -2.54. The van der Waals surface area contributed by atoms with Crippen molar-refractivity contribution in [3.05, 3.63) is 95.2 Å². The highest BCUT2D eigenvalue weighted by molar-refractivity contribution is 6.07. The molecule has 4 heterocycles. The summed E-state index contributed by atoms with van der Waals surface area (Å²) in [5.41, 5.74) is 1.28. The quantitative estimate of drug-likeness (QED) is 0.280. The molecule has 0 aromatic heterocycles. The van der Waals surface area contributed by atoms with Crippen molar-refractivity contribution < 1.29 is 38.1 Å². The normalized spacial score (nSPS) is 37.0. The maximum Gasteiger partial charge on any atom is 0.166 e. The number of hydrogen-bond donors (Lipinski definition) is 0. The molecule has 4 fully saturated rings. The standard InChI is InChI=1S/C38H38O8/c39-34-22(13-27-18-43-27)5-1-9-26(34)17-38(31-10-2-6-23(35(31)40)14-28-19-44-28,32-11-3-7-24(36(32)41)15-29-20-45-29)33-12-4-8-25(37(33)42)16-30-21-46-30/h1-12,26-33H,13-21H2. The minimum Gasteiger partial charge on any atom is -0.373 e. The van der Waals surface area contributed by atoms with Gasteiger partial charge >= 0.3 is 0 Å². The van der Waals surface area contributed by atoms with Gasteiger partial charge in [-0.25, -0.2) is 0 Å². The third kappa shape index (κ3) is 5.88. The monoisotopic (exact) mass is 622 g/mol. The smallest absolute Gasteiger partial charge is 0.166 e. The fraction of sp³-hybridized carbons (Fsp3) is 0.474. The Morgan fingerprint density at radius 3 is 1.11 bits per heavy atom. The number of Topliss-reactive ketones (excluding diaryl/α,β-unsaturated/α-hetero) is 4. The SMILES string of the molecule is O=C1C(CC2CO2)=CC=CC1CC(C1C=CC=C(CC2CO2)C1=O)(C1C=CC=C(CC2CO2)C1=O)C1C=CC=C(CC2CO2)C1=O. The average molecular weight is 623 g/mol. The van der Waals surface area contributed by atoms with Gasteiger partial charge in [0.05, 0.1) is 50.8 Å². The van der Waals surface area contributed by atoms with Gasteiger partial charge in [-0.3, -0.25) is 19.2 Å². The Labute approximate surface area is 268 Å². The van der Waals surface area contributed by atoms with Crippen molar-refractivity contribution >= 4 is 23.1 Å². The lowest BCUT2D eigenvalue weighted by Gasteiger charge is -2.50. The molecule has 0 saturated carbocycles. The van der Waals surface area contributed by atoms with Crippen LogP contribution in [-0.4, -0.2) is 74.0 Å². The summed E-state index contributed by atoms with van der Waals surface area (Å²) in [6.45, 7) is 2.45. The van der Waals surface area contributed by atoms with Crippen LogP contribution in [0, 0.1) is 29.1 Å². The highest BCUT2D eigenvalue weighted by Gasteiger charge is 2.59. The van der Waals surface area contributed by atoms with Crippen LogP contribution in [0.1, 0.15) is 32.1 Å². The van der Waals surface area contributed by atoms with Gasteiger partial charge in [-0.2, -0.15) is 0 Å². The molecule has 0 spiro atoms. The van der Waals surface area contributed by atoms with Crippen molar-refractivity contribution in [2.45, 2.75) is 56.5 Å². The molecule has 0 bridgehead atoms. The molecule has 4 saturated heterocycles. The van der Waals surface area contributed by atoms with Gasteiger partial charge in [-0.1, -0.05) is 72.9 Å². The second kappa shape index (κ2) is 11.9. The van der Waals surface area contributed by atoms with Gasteiger partial charge in [-0.05, 0) is 28.7 Å². The van der Waals surface area contributed by atoms with E-state index < -0.39 is 29.1 Å². The van der Waals surface area contributed by atoms with E-state index in [1.165, 1.54) is 0 Å². The molecule has 8 atom stereocenters. The molecule has 0 N–H and O–H groups in total. The molecule has 0 radical (unpaired) electrons. The summed E-state index contributed by atoms with van der Waals surface area (Å²) >= 11 is 0. The molecule has 8 rings (SSSR count). The molecule has 0 aromatic rings. The molecule has 4 aliphatic carbocycles. The molecule has 8 unspecified atom stereocenters. The summed E-state index contributed by atoms with van der Waals surface area (Å²) in [7, 11) is 0. The van der Waals surface area contributed by atoms with Gasteiger partial charge in [0.2, 0.25) is 0 Å². The fourth-order valence-electron chi connectivity index (χ4n) is 7.84. The number of carbonyl (C=O) groups excluding carboxylic acids is 4. The number of epoxide rings is 4. The van der Waals surface area contributed by atoms with E-state index in [1.54, 1.807) is 0 Å². The summed E-state index contributed by atoms with van der Waals surface area (Å²) in [4.78, 5) is 58.1. The topological polar surface area (TPSA) is 118 Å². The Bertz CT molecular complexity index is 1460. The van der Waals surface area contributed by atoms with Crippen LogP contribution >= 0.6 is 0 Å². The average Bonchev–Trinajstić information content (AvgIpc) is 3.84. The Kier molecular flexibility index (Phi) is 7.72. The van der Waals surface area contributed by atoms with Crippen molar-refractivity contribution in [3.63, 3.8) is 0 Å². The van der Waals surface area contributed by atoms with Gasteiger partial charge in [0.1, 0.15) is 0 Å². The number of carbonyl (C=O) groups is 4. The molecular formula is C38H38O8. The van der Waals surface area contributed by atoms with Crippen LogP contribution in [0.5, 0.6) is 0 Å². The first-order chi connectivity index (χ1) is 22.4.